The summed E-state index contributed by atoms with van der Waals surface area (Å²) in [6.45, 7) is 2.22. The first-order valence-electron chi connectivity index (χ1n) is 6.81. The molecule has 1 heterocycles. The van der Waals surface area contributed by atoms with Crippen LogP contribution in [0.4, 0.5) is 13.2 Å². The molecule has 0 fully saturated rings. The number of carbonyl (C=O) groups excluding carboxylic acids is 1. The van der Waals surface area contributed by atoms with E-state index in [1.54, 1.807) is 20.9 Å². The van der Waals surface area contributed by atoms with Gasteiger partial charge in [-0.05, 0) is 12.8 Å². The Morgan fingerprint density at radius 2 is 2.00 bits per heavy atom. The zero-order valence-corrected chi connectivity index (χ0v) is 12.4. The Labute approximate surface area is 121 Å². The zero-order valence-electron chi connectivity index (χ0n) is 12.4. The summed E-state index contributed by atoms with van der Waals surface area (Å²) in [4.78, 5) is 13.2. The van der Waals surface area contributed by atoms with E-state index in [1.807, 2.05) is 0 Å². The molecule has 1 amide bonds. The monoisotopic (exact) mass is 306 g/mol. The maximum absolute atomic E-state index is 12.7. The Morgan fingerprint density at radius 3 is 2.38 bits per heavy atom. The van der Waals surface area contributed by atoms with Crippen LogP contribution in [-0.4, -0.2) is 39.4 Å². The molecule has 0 aromatic carbocycles. The highest BCUT2D eigenvalue weighted by molar-refractivity contribution is 5.83. The van der Waals surface area contributed by atoms with Crippen LogP contribution in [0.5, 0.6) is 0 Å². The lowest BCUT2D eigenvalue weighted by atomic mass is 10.1. The van der Waals surface area contributed by atoms with E-state index in [0.717, 1.165) is 4.90 Å². The van der Waals surface area contributed by atoms with E-state index in [1.165, 1.54) is 17.1 Å². The number of rotatable bonds is 6. The minimum atomic E-state index is -4.45. The summed E-state index contributed by atoms with van der Waals surface area (Å²) < 4.78 is 39.6. The molecular weight excluding hydrogens is 285 g/mol. The van der Waals surface area contributed by atoms with E-state index in [2.05, 4.69) is 5.10 Å². The first kappa shape index (κ1) is 17.5. The van der Waals surface area contributed by atoms with Gasteiger partial charge in [-0.25, -0.2) is 0 Å². The van der Waals surface area contributed by atoms with E-state index >= 15 is 0 Å². The number of aryl methyl sites for hydroxylation is 1. The number of nitrogens with two attached hydrogens (primary N) is 1. The average molecular weight is 306 g/mol. The number of aromatic nitrogens is 2. The van der Waals surface area contributed by atoms with Crippen LogP contribution in [0.15, 0.2) is 12.4 Å². The van der Waals surface area contributed by atoms with E-state index in [4.69, 9.17) is 5.73 Å². The van der Waals surface area contributed by atoms with Gasteiger partial charge in [0, 0.05) is 24.8 Å². The number of hydrogen-bond acceptors (Lipinski definition) is 3. The standard InChI is InChI=1S/C13H21F3N4O/c1-4-10(5-2)20(8-13(14,15)16)12(21)11(17)9-6-18-19(3)7-9/h6-7,10-11H,4-5,8,17H2,1-3H3. The molecule has 5 nitrogen and oxygen atoms in total. The first-order valence-corrected chi connectivity index (χ1v) is 6.81. The molecule has 0 aliphatic heterocycles. The smallest absolute Gasteiger partial charge is 0.329 e. The van der Waals surface area contributed by atoms with E-state index in [9.17, 15) is 18.0 Å². The minimum Gasteiger partial charge on any atom is -0.329 e. The van der Waals surface area contributed by atoms with Crippen molar-refractivity contribution in [2.75, 3.05) is 6.54 Å². The van der Waals surface area contributed by atoms with Gasteiger partial charge >= 0.3 is 6.18 Å². The van der Waals surface area contributed by atoms with Crippen LogP contribution in [0.1, 0.15) is 38.3 Å². The molecule has 1 atom stereocenters. The summed E-state index contributed by atoms with van der Waals surface area (Å²) >= 11 is 0. The van der Waals surface area contributed by atoms with Crippen molar-refractivity contribution in [2.45, 2.75) is 44.9 Å². The fourth-order valence-corrected chi connectivity index (χ4v) is 2.23. The van der Waals surface area contributed by atoms with Gasteiger partial charge in [-0.2, -0.15) is 18.3 Å². The normalized spacial score (nSPS) is 13.5. The van der Waals surface area contributed by atoms with Gasteiger partial charge in [-0.3, -0.25) is 9.48 Å². The lowest BCUT2D eigenvalue weighted by molar-refractivity contribution is -0.167. The molecule has 0 aliphatic rings. The summed E-state index contributed by atoms with van der Waals surface area (Å²) in [5, 5.41) is 3.88. The van der Waals surface area contributed by atoms with Gasteiger partial charge in [0.2, 0.25) is 5.91 Å². The van der Waals surface area contributed by atoms with Crippen molar-refractivity contribution < 1.29 is 18.0 Å². The third kappa shape index (κ3) is 4.73. The van der Waals surface area contributed by atoms with Gasteiger partial charge < -0.3 is 10.6 Å². The molecule has 21 heavy (non-hydrogen) atoms. The van der Waals surface area contributed by atoms with Crippen molar-refractivity contribution >= 4 is 5.91 Å². The highest BCUT2D eigenvalue weighted by Gasteiger charge is 2.37. The molecule has 1 rings (SSSR count). The van der Waals surface area contributed by atoms with E-state index in [0.29, 0.717) is 18.4 Å². The molecule has 120 valence electrons. The topological polar surface area (TPSA) is 64.2 Å². The SMILES string of the molecule is CCC(CC)N(CC(F)(F)F)C(=O)C(N)c1cnn(C)c1. The second-order valence-electron chi connectivity index (χ2n) is 4.98. The third-order valence-electron chi connectivity index (χ3n) is 3.37. The van der Waals surface area contributed by atoms with Crippen LogP contribution in [0.3, 0.4) is 0 Å². The number of alkyl halides is 3. The van der Waals surface area contributed by atoms with Crippen LogP contribution in [0.25, 0.3) is 0 Å². The summed E-state index contributed by atoms with van der Waals surface area (Å²) in [5.41, 5.74) is 6.21. The largest absolute Gasteiger partial charge is 0.406 e. The highest BCUT2D eigenvalue weighted by atomic mass is 19.4. The lowest BCUT2D eigenvalue weighted by Gasteiger charge is -2.33. The number of amides is 1. The fraction of sp³-hybridized carbons (Fsp3) is 0.692. The van der Waals surface area contributed by atoms with Crippen molar-refractivity contribution in [3.05, 3.63) is 18.0 Å². The highest BCUT2D eigenvalue weighted by Crippen LogP contribution is 2.23. The van der Waals surface area contributed by atoms with Crippen LogP contribution in [0.2, 0.25) is 0 Å². The van der Waals surface area contributed by atoms with Crippen molar-refractivity contribution in [2.24, 2.45) is 12.8 Å². The maximum atomic E-state index is 12.7. The molecular formula is C13H21F3N4O. The van der Waals surface area contributed by atoms with Crippen molar-refractivity contribution in [1.29, 1.82) is 0 Å². The predicted octanol–water partition coefficient (Wildman–Crippen LogP) is 2.00. The molecule has 1 aromatic heterocycles. The maximum Gasteiger partial charge on any atom is 0.406 e. The molecule has 0 saturated carbocycles. The Bertz CT molecular complexity index is 468. The lowest BCUT2D eigenvalue weighted by Crippen LogP contribution is -2.48. The number of hydrogen-bond donors (Lipinski definition) is 1. The summed E-state index contributed by atoms with van der Waals surface area (Å²) in [7, 11) is 1.65. The third-order valence-corrected chi connectivity index (χ3v) is 3.37. The molecule has 2 N–H and O–H groups in total. The first-order chi connectivity index (χ1) is 9.69. The quantitative estimate of drug-likeness (QED) is 0.874. The van der Waals surface area contributed by atoms with Crippen LogP contribution < -0.4 is 5.73 Å². The van der Waals surface area contributed by atoms with Gasteiger partial charge in [-0.15, -0.1) is 0 Å². The molecule has 0 aliphatic carbocycles. The summed E-state index contributed by atoms with van der Waals surface area (Å²) in [6.07, 6.45) is -0.647. The molecule has 1 unspecified atom stereocenters. The second kappa shape index (κ2) is 6.93. The van der Waals surface area contributed by atoms with Gasteiger partial charge in [0.1, 0.15) is 12.6 Å². The van der Waals surface area contributed by atoms with Crippen molar-refractivity contribution in [3.63, 3.8) is 0 Å². The van der Waals surface area contributed by atoms with Crippen LogP contribution in [-0.2, 0) is 11.8 Å². The van der Waals surface area contributed by atoms with E-state index < -0.39 is 30.7 Å². The van der Waals surface area contributed by atoms with Gasteiger partial charge in [-0.1, -0.05) is 13.8 Å². The minimum absolute atomic E-state index is 0.403. The Kier molecular flexibility index (Phi) is 5.77. The van der Waals surface area contributed by atoms with Crippen molar-refractivity contribution in [1.82, 2.24) is 14.7 Å². The fourth-order valence-electron chi connectivity index (χ4n) is 2.23. The Hall–Kier alpha value is -1.57. The van der Waals surface area contributed by atoms with Gasteiger partial charge in [0.25, 0.3) is 0 Å². The molecule has 8 heteroatoms. The average Bonchev–Trinajstić information content (AvgIpc) is 2.82. The van der Waals surface area contributed by atoms with Crippen molar-refractivity contribution in [3.8, 4) is 0 Å². The molecule has 0 bridgehead atoms. The molecule has 0 saturated heterocycles. The molecule has 0 radical (unpaired) electrons. The summed E-state index contributed by atoms with van der Waals surface area (Å²) in [5.74, 6) is -0.728. The summed E-state index contributed by atoms with van der Waals surface area (Å²) in [6, 6.07) is -1.62. The van der Waals surface area contributed by atoms with E-state index in [-0.39, 0.29) is 0 Å². The number of nitrogens with zero attached hydrogens (tertiary/aromatic N) is 3. The predicted molar refractivity (Wildman–Crippen MR) is 72.3 cm³/mol. The Morgan fingerprint density at radius 1 is 1.43 bits per heavy atom. The second-order valence-corrected chi connectivity index (χ2v) is 4.98. The molecule has 0 spiro atoms. The van der Waals surface area contributed by atoms with Crippen LogP contribution in [0, 0.1) is 0 Å². The number of halogens is 3. The van der Waals surface area contributed by atoms with Gasteiger partial charge in [0.05, 0.1) is 6.20 Å². The number of carbonyl (C=O) groups is 1. The zero-order chi connectivity index (χ0) is 16.2. The Balaban J connectivity index is 2.98. The van der Waals surface area contributed by atoms with Gasteiger partial charge in [0.15, 0.2) is 0 Å². The van der Waals surface area contributed by atoms with Crippen LogP contribution >= 0.6 is 0 Å². The molecule has 1 aromatic rings.